The third kappa shape index (κ3) is 8.15. The Balaban J connectivity index is 2.73. The molecule has 0 fully saturated rings. The van der Waals surface area contributed by atoms with Gasteiger partial charge in [0.2, 0.25) is 5.75 Å². The largest absolute Gasteiger partial charge is 0.504 e. The van der Waals surface area contributed by atoms with Crippen LogP contribution in [0.4, 0.5) is 0 Å². The molecule has 2 rings (SSSR count). The number of carbonyl (C=O) groups is 4. The summed E-state index contributed by atoms with van der Waals surface area (Å²) >= 11 is 3.35. The fourth-order valence-electron chi connectivity index (χ4n) is 3.80. The highest BCUT2D eigenvalue weighted by atomic mass is 79.9. The maximum Gasteiger partial charge on any atom is 0.340 e. The van der Waals surface area contributed by atoms with Crippen LogP contribution in [0, 0.1) is 0 Å². The molecule has 0 bridgehead atoms. The van der Waals surface area contributed by atoms with Crippen LogP contribution in [-0.2, 0) is 16.1 Å². The molecule has 0 heterocycles. The Morgan fingerprint density at radius 2 is 1.37 bits per heavy atom. The average molecular weight is 591 g/mol. The number of rotatable bonds is 15. The second kappa shape index (κ2) is 15.3. The summed E-state index contributed by atoms with van der Waals surface area (Å²) in [5, 5.41) is 21.7. The third-order valence-electron chi connectivity index (χ3n) is 5.89. The molecule has 0 saturated carbocycles. The average Bonchev–Trinajstić information content (AvgIpc) is 2.90. The van der Waals surface area contributed by atoms with Gasteiger partial charge < -0.3 is 19.7 Å². The van der Waals surface area contributed by atoms with E-state index < -0.39 is 57.4 Å². The highest BCUT2D eigenvalue weighted by Crippen LogP contribution is 2.46. The van der Waals surface area contributed by atoms with E-state index in [1.165, 1.54) is 0 Å². The van der Waals surface area contributed by atoms with Crippen LogP contribution in [0.1, 0.15) is 115 Å². The Morgan fingerprint density at radius 1 is 0.789 bits per heavy atom. The molecule has 2 aromatic rings. The van der Waals surface area contributed by atoms with Gasteiger partial charge in [0, 0.05) is 23.7 Å². The number of benzene rings is 2. The second-order valence-electron chi connectivity index (χ2n) is 8.99. The van der Waals surface area contributed by atoms with Gasteiger partial charge in [-0.2, -0.15) is 0 Å². The van der Waals surface area contributed by atoms with Crippen molar-refractivity contribution in [1.82, 2.24) is 0 Å². The van der Waals surface area contributed by atoms with Crippen LogP contribution in [0.15, 0.2) is 28.7 Å². The molecule has 0 atom stereocenters. The van der Waals surface area contributed by atoms with Gasteiger partial charge >= 0.3 is 11.9 Å². The van der Waals surface area contributed by atoms with Crippen LogP contribution in [0.3, 0.4) is 0 Å². The van der Waals surface area contributed by atoms with Crippen molar-refractivity contribution in [3.8, 4) is 17.2 Å². The molecule has 206 valence electrons. The van der Waals surface area contributed by atoms with E-state index in [9.17, 15) is 29.4 Å². The number of hydrogen-bond donors (Lipinski definition) is 2. The summed E-state index contributed by atoms with van der Waals surface area (Å²) < 4.78 is 11.6. The number of phenols is 2. The van der Waals surface area contributed by atoms with E-state index in [-0.39, 0.29) is 25.9 Å². The molecule has 0 unspecified atom stereocenters. The van der Waals surface area contributed by atoms with Crippen LogP contribution < -0.4 is 4.74 Å². The van der Waals surface area contributed by atoms with Crippen molar-refractivity contribution in [1.29, 1.82) is 0 Å². The van der Waals surface area contributed by atoms with Gasteiger partial charge in [0.25, 0.3) is 0 Å². The molecular formula is C29H35BrO8. The molecule has 0 amide bonds. The summed E-state index contributed by atoms with van der Waals surface area (Å²) in [6.07, 6.45) is 3.37. The van der Waals surface area contributed by atoms with Crippen molar-refractivity contribution in [3.63, 3.8) is 0 Å². The van der Waals surface area contributed by atoms with E-state index >= 15 is 0 Å². The SMILES string of the molecule is CCCCC(=O)Oc1c(O)c(O)c(C(=O)CCCC)c(C(=O)OCc2cccc(Br)c2)c1C(=O)CCCC. The predicted octanol–water partition coefficient (Wildman–Crippen LogP) is 7.06. The lowest BCUT2D eigenvalue weighted by Crippen LogP contribution is -2.21. The van der Waals surface area contributed by atoms with Crippen LogP contribution in [0.2, 0.25) is 0 Å². The third-order valence-corrected chi connectivity index (χ3v) is 6.38. The second-order valence-corrected chi connectivity index (χ2v) is 9.90. The number of ether oxygens (including phenoxy) is 2. The first-order valence-corrected chi connectivity index (χ1v) is 13.8. The van der Waals surface area contributed by atoms with E-state index in [0.29, 0.717) is 44.1 Å². The smallest absolute Gasteiger partial charge is 0.340 e. The van der Waals surface area contributed by atoms with Gasteiger partial charge in [0.1, 0.15) is 6.61 Å². The Labute approximate surface area is 231 Å². The van der Waals surface area contributed by atoms with Gasteiger partial charge in [-0.25, -0.2) is 4.79 Å². The number of aromatic hydroxyl groups is 2. The summed E-state index contributed by atoms with van der Waals surface area (Å²) in [7, 11) is 0. The normalized spacial score (nSPS) is 10.7. The Kier molecular flexibility index (Phi) is 12.5. The van der Waals surface area contributed by atoms with E-state index in [1.807, 2.05) is 20.8 Å². The van der Waals surface area contributed by atoms with Crippen LogP contribution in [0.25, 0.3) is 0 Å². The van der Waals surface area contributed by atoms with Crippen molar-refractivity contribution in [2.75, 3.05) is 0 Å². The summed E-state index contributed by atoms with van der Waals surface area (Å²) in [5.74, 6) is -5.53. The molecule has 9 heteroatoms. The number of unbranched alkanes of at least 4 members (excludes halogenated alkanes) is 3. The minimum atomic E-state index is -1.05. The molecule has 8 nitrogen and oxygen atoms in total. The summed E-state index contributed by atoms with van der Waals surface area (Å²) in [4.78, 5) is 52.6. The zero-order valence-corrected chi connectivity index (χ0v) is 23.7. The number of phenolic OH excluding ortho intramolecular Hbond substituents is 2. The van der Waals surface area contributed by atoms with Gasteiger partial charge in [-0.05, 0) is 37.0 Å². The van der Waals surface area contributed by atoms with Gasteiger partial charge in [-0.3, -0.25) is 14.4 Å². The first-order chi connectivity index (χ1) is 18.2. The predicted molar refractivity (Wildman–Crippen MR) is 146 cm³/mol. The molecule has 0 aliphatic rings. The molecule has 0 radical (unpaired) electrons. The highest BCUT2D eigenvalue weighted by Gasteiger charge is 2.36. The number of esters is 2. The molecule has 0 aliphatic heterocycles. The van der Waals surface area contributed by atoms with Crippen molar-refractivity contribution in [2.45, 2.75) is 85.2 Å². The minimum Gasteiger partial charge on any atom is -0.504 e. The first-order valence-electron chi connectivity index (χ1n) is 13.0. The molecule has 38 heavy (non-hydrogen) atoms. The number of hydrogen-bond acceptors (Lipinski definition) is 8. The van der Waals surface area contributed by atoms with Gasteiger partial charge in [-0.15, -0.1) is 0 Å². The van der Waals surface area contributed by atoms with Gasteiger partial charge in [0.05, 0.1) is 16.7 Å². The fraction of sp³-hybridized carbons (Fsp3) is 0.448. The molecule has 0 saturated heterocycles. The standard InChI is InChI=1S/C29H35BrO8/c1-4-7-13-20(31)23-25(29(36)37-17-18-11-10-12-19(30)16-18)24(21(32)14-8-5-2)28(27(35)26(23)34)38-22(33)15-9-6-3/h10-12,16,34-35H,4-9,13-15,17H2,1-3H3. The van der Waals surface area contributed by atoms with E-state index in [2.05, 4.69) is 15.9 Å². The number of Topliss-reactive ketones (excluding diaryl/α,β-unsaturated/α-hetero) is 2. The molecule has 0 aliphatic carbocycles. The number of halogens is 1. The van der Waals surface area contributed by atoms with E-state index in [1.54, 1.807) is 24.3 Å². The molecule has 0 aromatic heterocycles. The lowest BCUT2D eigenvalue weighted by Gasteiger charge is -2.20. The van der Waals surface area contributed by atoms with Gasteiger partial charge in [-0.1, -0.05) is 68.1 Å². The fourth-order valence-corrected chi connectivity index (χ4v) is 4.25. The Hall–Kier alpha value is -3.20. The van der Waals surface area contributed by atoms with Crippen molar-refractivity contribution in [3.05, 3.63) is 51.0 Å². The van der Waals surface area contributed by atoms with E-state index in [4.69, 9.17) is 9.47 Å². The highest BCUT2D eigenvalue weighted by molar-refractivity contribution is 9.10. The maximum atomic E-state index is 13.5. The number of carbonyl (C=O) groups excluding carboxylic acids is 4. The van der Waals surface area contributed by atoms with E-state index in [0.717, 1.165) is 4.47 Å². The monoisotopic (exact) mass is 590 g/mol. The molecule has 2 N–H and O–H groups in total. The topological polar surface area (TPSA) is 127 Å². The van der Waals surface area contributed by atoms with Crippen molar-refractivity contribution in [2.24, 2.45) is 0 Å². The maximum absolute atomic E-state index is 13.5. The Bertz CT molecular complexity index is 1170. The lowest BCUT2D eigenvalue weighted by molar-refractivity contribution is -0.134. The molecule has 0 spiro atoms. The summed E-state index contributed by atoms with van der Waals surface area (Å²) in [5.41, 5.74) is -0.809. The van der Waals surface area contributed by atoms with Gasteiger partial charge in [0.15, 0.2) is 23.1 Å². The minimum absolute atomic E-state index is 0.000854. The van der Waals surface area contributed by atoms with Crippen LogP contribution in [-0.4, -0.2) is 33.7 Å². The van der Waals surface area contributed by atoms with Crippen LogP contribution >= 0.6 is 15.9 Å². The molecule has 2 aromatic carbocycles. The summed E-state index contributed by atoms with van der Waals surface area (Å²) in [6.45, 7) is 5.44. The quantitative estimate of drug-likeness (QED) is 0.0976. The summed E-state index contributed by atoms with van der Waals surface area (Å²) in [6, 6.07) is 7.03. The van der Waals surface area contributed by atoms with Crippen molar-refractivity contribution < 1.29 is 38.9 Å². The zero-order valence-electron chi connectivity index (χ0n) is 22.1. The lowest BCUT2D eigenvalue weighted by atomic mass is 9.90. The molecular weight excluding hydrogens is 556 g/mol. The van der Waals surface area contributed by atoms with Crippen LogP contribution in [0.5, 0.6) is 17.2 Å². The van der Waals surface area contributed by atoms with Crippen molar-refractivity contribution >= 4 is 39.4 Å². The first kappa shape index (κ1) is 31.0. The Morgan fingerprint density at radius 3 is 1.95 bits per heavy atom. The number of ketones is 2. The zero-order chi connectivity index (χ0) is 28.2.